The van der Waals surface area contributed by atoms with Crippen LogP contribution in [0, 0.1) is 23.8 Å². The van der Waals surface area contributed by atoms with Gasteiger partial charge < -0.3 is 0 Å². The normalized spacial score (nSPS) is 6.62. The van der Waals surface area contributed by atoms with Crippen LogP contribution in [0.15, 0.2) is 4.99 Å². The molecule has 0 rings (SSSR count). The molecule has 1 nitrogen and oxygen atoms in total. The van der Waals surface area contributed by atoms with Crippen LogP contribution in [-0.2, 0) is 0 Å². The van der Waals surface area contributed by atoms with Gasteiger partial charge in [-0.25, -0.2) is 4.99 Å². The summed E-state index contributed by atoms with van der Waals surface area (Å²) in [4.78, 5) is 3.62. The van der Waals surface area contributed by atoms with E-state index in [1.54, 1.807) is 13.0 Å². The molecule has 2 heteroatoms. The van der Waals surface area contributed by atoms with Crippen molar-refractivity contribution < 1.29 is 0 Å². The largest absolute Gasteiger partial charge is 0.220 e. The first-order valence-corrected chi connectivity index (χ1v) is 2.31. The quantitative estimate of drug-likeness (QED) is 0.225. The van der Waals surface area contributed by atoms with Crippen LogP contribution in [-0.4, -0.2) is 14.0 Å². The molecular formula is C6H6BN. The van der Waals surface area contributed by atoms with Gasteiger partial charge in [-0.1, -0.05) is 5.92 Å². The molecule has 38 valence electrons. The molecule has 0 spiro atoms. The van der Waals surface area contributed by atoms with Gasteiger partial charge in [-0.3, -0.25) is 0 Å². The Bertz CT molecular complexity index is 184. The van der Waals surface area contributed by atoms with E-state index in [1.807, 2.05) is 7.85 Å². The van der Waals surface area contributed by atoms with E-state index < -0.39 is 0 Å². The Kier molecular flexibility index (Phi) is 5.02. The number of hydrogen-bond acceptors (Lipinski definition) is 1. The van der Waals surface area contributed by atoms with Gasteiger partial charge in [0.1, 0.15) is 0 Å². The van der Waals surface area contributed by atoms with Crippen LogP contribution >= 0.6 is 0 Å². The molecule has 0 aliphatic rings. The molecule has 0 N–H and O–H groups in total. The molecule has 0 aliphatic carbocycles. The lowest BCUT2D eigenvalue weighted by Crippen LogP contribution is -1.61. The molecule has 0 fully saturated rings. The lowest BCUT2D eigenvalue weighted by Gasteiger charge is -1.58. The van der Waals surface area contributed by atoms with E-state index in [9.17, 15) is 0 Å². The Balaban J connectivity index is 3.63. The number of hydrogen-bond donors (Lipinski definition) is 0. The number of nitrogens with zero attached hydrogens (tertiary/aromatic N) is 1. The Morgan fingerprint density at radius 3 is 2.75 bits per heavy atom. The first-order chi connectivity index (χ1) is 3.91. The van der Waals surface area contributed by atoms with Crippen molar-refractivity contribution in [2.24, 2.45) is 4.99 Å². The molecule has 0 bridgehead atoms. The van der Waals surface area contributed by atoms with Crippen LogP contribution in [0.5, 0.6) is 0 Å². The molecule has 0 aromatic heterocycles. The second kappa shape index (κ2) is 5.85. The lowest BCUT2D eigenvalue weighted by molar-refractivity contribution is 1.74. The first kappa shape index (κ1) is 6.85. The van der Waals surface area contributed by atoms with E-state index in [0.717, 1.165) is 0 Å². The van der Waals surface area contributed by atoms with E-state index >= 15 is 0 Å². The summed E-state index contributed by atoms with van der Waals surface area (Å²) in [7, 11) is 1.81. The third-order valence-corrected chi connectivity index (χ3v) is 0.437. The fraction of sp³-hybridized carbons (Fsp3) is 0.167. The van der Waals surface area contributed by atoms with Crippen molar-refractivity contribution in [3.8, 4) is 23.8 Å². The average molecular weight is 103 g/mol. The number of rotatable bonds is 0. The Morgan fingerprint density at radius 2 is 2.25 bits per heavy atom. The minimum absolute atomic E-state index is 1.63. The summed E-state index contributed by atoms with van der Waals surface area (Å²) in [6.07, 6.45) is 1.63. The molecule has 0 heterocycles. The van der Waals surface area contributed by atoms with Crippen molar-refractivity contribution >= 4 is 14.0 Å². The highest BCUT2D eigenvalue weighted by atomic mass is 14.6. The molecule has 0 radical (unpaired) electrons. The third kappa shape index (κ3) is 4.85. The van der Waals surface area contributed by atoms with Crippen LogP contribution in [0.3, 0.4) is 0 Å². The molecule has 0 unspecified atom stereocenters. The van der Waals surface area contributed by atoms with Crippen LogP contribution in [0.1, 0.15) is 6.92 Å². The fourth-order valence-electron chi connectivity index (χ4n) is 0.187. The summed E-state index contributed by atoms with van der Waals surface area (Å²) in [5, 5.41) is 0. The molecule has 0 aliphatic heterocycles. The first-order valence-electron chi connectivity index (χ1n) is 2.31. The highest BCUT2D eigenvalue weighted by molar-refractivity contribution is 6.49. The molecule has 8 heavy (non-hydrogen) atoms. The van der Waals surface area contributed by atoms with Gasteiger partial charge in [0.2, 0.25) is 0 Å². The van der Waals surface area contributed by atoms with Crippen LogP contribution in [0.25, 0.3) is 0 Å². The van der Waals surface area contributed by atoms with Crippen LogP contribution < -0.4 is 0 Å². The van der Waals surface area contributed by atoms with Crippen molar-refractivity contribution in [1.29, 1.82) is 0 Å². The molecule has 0 saturated carbocycles. The standard InChI is InChI=1S/C6H6BN/c1-2-3-4-5-8-6-7/h6H,7H2,1H3/b8-6+. The minimum Gasteiger partial charge on any atom is -0.220 e. The van der Waals surface area contributed by atoms with Gasteiger partial charge in [0, 0.05) is 12.0 Å². The van der Waals surface area contributed by atoms with Crippen molar-refractivity contribution in [3.63, 3.8) is 0 Å². The van der Waals surface area contributed by atoms with E-state index in [1.165, 1.54) is 0 Å². The van der Waals surface area contributed by atoms with E-state index in [2.05, 4.69) is 28.8 Å². The van der Waals surface area contributed by atoms with Gasteiger partial charge >= 0.3 is 0 Å². The summed E-state index contributed by atoms with van der Waals surface area (Å²) in [6.45, 7) is 1.74. The van der Waals surface area contributed by atoms with Gasteiger partial charge in [0.05, 0.1) is 0 Å². The molecule has 0 saturated heterocycles. The summed E-state index contributed by atoms with van der Waals surface area (Å²) >= 11 is 0. The van der Waals surface area contributed by atoms with Crippen LogP contribution in [0.2, 0.25) is 0 Å². The monoisotopic (exact) mass is 103 g/mol. The van der Waals surface area contributed by atoms with Gasteiger partial charge in [-0.2, -0.15) is 0 Å². The SMILES string of the molecule is B/C=N/C#CC#CC. The Morgan fingerprint density at radius 1 is 1.50 bits per heavy atom. The summed E-state index contributed by atoms with van der Waals surface area (Å²) in [5.74, 6) is 7.71. The zero-order chi connectivity index (χ0) is 6.24. The smallest absolute Gasteiger partial charge is 0.155 e. The van der Waals surface area contributed by atoms with Gasteiger partial charge in [0.15, 0.2) is 7.85 Å². The Hall–Kier alpha value is -1.15. The maximum absolute atomic E-state index is 3.62. The molecule has 0 atom stereocenters. The van der Waals surface area contributed by atoms with Gasteiger partial charge in [-0.15, -0.1) is 0 Å². The predicted molar refractivity (Wildman–Crippen MR) is 38.3 cm³/mol. The van der Waals surface area contributed by atoms with Crippen molar-refractivity contribution in [2.45, 2.75) is 6.92 Å². The lowest BCUT2D eigenvalue weighted by atomic mass is 10.2. The van der Waals surface area contributed by atoms with Crippen molar-refractivity contribution in [1.82, 2.24) is 0 Å². The number of aliphatic imine (C=N–C) groups is 1. The van der Waals surface area contributed by atoms with E-state index in [-0.39, 0.29) is 0 Å². The molecule has 0 amide bonds. The van der Waals surface area contributed by atoms with Crippen molar-refractivity contribution in [3.05, 3.63) is 0 Å². The summed E-state index contributed by atoms with van der Waals surface area (Å²) in [5.41, 5.74) is 0. The zero-order valence-corrected chi connectivity index (χ0v) is 5.02. The molecule has 0 aromatic carbocycles. The maximum Gasteiger partial charge on any atom is 0.155 e. The fourth-order valence-corrected chi connectivity index (χ4v) is 0.187. The molecular weight excluding hydrogens is 96.9 g/mol. The third-order valence-electron chi connectivity index (χ3n) is 0.437. The summed E-state index contributed by atoms with van der Waals surface area (Å²) < 4.78 is 0. The van der Waals surface area contributed by atoms with Gasteiger partial charge in [0.25, 0.3) is 0 Å². The topological polar surface area (TPSA) is 12.4 Å². The van der Waals surface area contributed by atoms with E-state index in [0.29, 0.717) is 0 Å². The van der Waals surface area contributed by atoms with Crippen molar-refractivity contribution in [2.75, 3.05) is 0 Å². The average Bonchev–Trinajstić information content (AvgIpc) is 1.81. The van der Waals surface area contributed by atoms with Gasteiger partial charge in [-0.05, 0) is 19.0 Å². The second-order valence-electron chi connectivity index (χ2n) is 0.999. The van der Waals surface area contributed by atoms with Crippen LogP contribution in [0.4, 0.5) is 0 Å². The second-order valence-corrected chi connectivity index (χ2v) is 0.999. The van der Waals surface area contributed by atoms with E-state index in [4.69, 9.17) is 0 Å². The highest BCUT2D eigenvalue weighted by Crippen LogP contribution is 1.54. The zero-order valence-electron chi connectivity index (χ0n) is 5.02. The Labute approximate surface area is 50.6 Å². The predicted octanol–water partition coefficient (Wildman–Crippen LogP) is -0.368. The maximum atomic E-state index is 3.62. The minimum atomic E-state index is 1.63. The molecule has 0 aromatic rings. The highest BCUT2D eigenvalue weighted by Gasteiger charge is 1.51. The summed E-state index contributed by atoms with van der Waals surface area (Å²) in [6, 6.07) is 2.48.